The van der Waals surface area contributed by atoms with E-state index in [9.17, 15) is 4.79 Å². The Labute approximate surface area is 92.6 Å². The number of carbonyl (C=O) groups is 1. The van der Waals surface area contributed by atoms with Gasteiger partial charge in [-0.3, -0.25) is 4.79 Å². The Morgan fingerprint density at radius 3 is 2.07 bits per heavy atom. The Morgan fingerprint density at radius 1 is 1.07 bits per heavy atom. The minimum atomic E-state index is 0.392. The van der Waals surface area contributed by atoms with Gasteiger partial charge >= 0.3 is 0 Å². The average Bonchev–Trinajstić information content (AvgIpc) is 2.10. The van der Waals surface area contributed by atoms with Gasteiger partial charge in [0.05, 0.1) is 0 Å². The minimum absolute atomic E-state index is 0.392. The van der Waals surface area contributed by atoms with E-state index < -0.39 is 0 Å². The van der Waals surface area contributed by atoms with Crippen LogP contribution in [0, 0.1) is 28.6 Å². The molecular weight excluding hydrogens is 184 g/mol. The highest BCUT2D eigenvalue weighted by molar-refractivity contribution is 5.85. The Bertz CT molecular complexity index is 292. The van der Waals surface area contributed by atoms with Crippen LogP contribution in [0.25, 0.3) is 0 Å². The maximum absolute atomic E-state index is 12.0. The van der Waals surface area contributed by atoms with Crippen LogP contribution < -0.4 is 0 Å². The van der Waals surface area contributed by atoms with Crippen LogP contribution in [0.1, 0.15) is 52.9 Å². The molecule has 0 heterocycles. The summed E-state index contributed by atoms with van der Waals surface area (Å²) < 4.78 is 0. The molecule has 4 aliphatic carbocycles. The van der Waals surface area contributed by atoms with Crippen molar-refractivity contribution in [3.8, 4) is 0 Å². The molecule has 1 heteroatoms. The van der Waals surface area contributed by atoms with Crippen molar-refractivity contribution in [1.82, 2.24) is 0 Å². The number of carbonyl (C=O) groups excluding carboxylic acids is 1. The quantitative estimate of drug-likeness (QED) is 0.593. The van der Waals surface area contributed by atoms with E-state index >= 15 is 0 Å². The third kappa shape index (κ3) is 1.18. The fourth-order valence-electron chi connectivity index (χ4n) is 4.67. The van der Waals surface area contributed by atoms with Crippen LogP contribution in [-0.2, 0) is 4.79 Å². The first-order valence-electron chi connectivity index (χ1n) is 6.45. The lowest BCUT2D eigenvalue weighted by Gasteiger charge is -2.61. The lowest BCUT2D eigenvalue weighted by molar-refractivity contribution is -0.158. The normalized spacial score (nSPS) is 48.7. The smallest absolute Gasteiger partial charge is 0.139 e. The first-order valence-corrected chi connectivity index (χ1v) is 6.45. The fourth-order valence-corrected chi connectivity index (χ4v) is 4.67. The van der Waals surface area contributed by atoms with Gasteiger partial charge in [-0.15, -0.1) is 0 Å². The molecule has 4 bridgehead atoms. The highest BCUT2D eigenvalue weighted by atomic mass is 16.1. The number of hydrogen-bond donors (Lipinski definition) is 0. The molecule has 4 aliphatic rings. The maximum Gasteiger partial charge on any atom is 0.139 e. The molecule has 4 fully saturated rings. The van der Waals surface area contributed by atoms with E-state index in [1.807, 2.05) is 0 Å². The van der Waals surface area contributed by atoms with Crippen molar-refractivity contribution in [3.05, 3.63) is 0 Å². The van der Waals surface area contributed by atoms with Crippen LogP contribution in [0.5, 0.6) is 0 Å². The van der Waals surface area contributed by atoms with Crippen molar-refractivity contribution >= 4 is 5.78 Å². The van der Waals surface area contributed by atoms with E-state index in [0.717, 1.165) is 5.92 Å². The number of hydrogen-bond acceptors (Lipinski definition) is 1. The second-order valence-corrected chi connectivity index (χ2v) is 7.28. The second kappa shape index (κ2) is 2.67. The van der Waals surface area contributed by atoms with Gasteiger partial charge in [0, 0.05) is 11.8 Å². The van der Waals surface area contributed by atoms with Crippen LogP contribution in [0.3, 0.4) is 0 Å². The van der Waals surface area contributed by atoms with Crippen LogP contribution >= 0.6 is 0 Å². The Kier molecular flexibility index (Phi) is 1.76. The van der Waals surface area contributed by atoms with Crippen molar-refractivity contribution in [1.29, 1.82) is 0 Å². The predicted molar refractivity (Wildman–Crippen MR) is 60.5 cm³/mol. The lowest BCUT2D eigenvalue weighted by Crippen LogP contribution is -2.55. The first-order chi connectivity index (χ1) is 6.91. The maximum atomic E-state index is 12.0. The largest absolute Gasteiger partial charge is 0.299 e. The van der Waals surface area contributed by atoms with Gasteiger partial charge in [0.2, 0.25) is 0 Å². The fraction of sp³-hybridized carbons (Fsp3) is 0.929. The van der Waals surface area contributed by atoms with Gasteiger partial charge in [-0.05, 0) is 48.9 Å². The van der Waals surface area contributed by atoms with E-state index in [-0.39, 0.29) is 0 Å². The number of Topliss-reactive ketones (excluding diaryl/α,β-unsaturated/α-hetero) is 1. The summed E-state index contributed by atoms with van der Waals surface area (Å²) in [6.07, 6.45) is 6.22. The summed E-state index contributed by atoms with van der Waals surface area (Å²) in [5.74, 6) is 2.37. The monoisotopic (exact) mass is 206 g/mol. The molecule has 15 heavy (non-hydrogen) atoms. The molecule has 4 atom stereocenters. The molecule has 84 valence electrons. The van der Waals surface area contributed by atoms with Gasteiger partial charge in [0.25, 0.3) is 0 Å². The third-order valence-electron chi connectivity index (χ3n) is 5.59. The summed E-state index contributed by atoms with van der Waals surface area (Å²) >= 11 is 0. The Balaban J connectivity index is 1.99. The zero-order valence-electron chi connectivity index (χ0n) is 10.2. The molecular formula is C14H22O. The molecule has 0 saturated heterocycles. The van der Waals surface area contributed by atoms with Gasteiger partial charge in [-0.1, -0.05) is 20.8 Å². The zero-order valence-corrected chi connectivity index (χ0v) is 10.2. The summed E-state index contributed by atoms with van der Waals surface area (Å²) in [6, 6.07) is 0. The molecule has 0 N–H and O–H groups in total. The summed E-state index contributed by atoms with van der Waals surface area (Å²) in [5, 5.41) is 0. The Hall–Kier alpha value is -0.330. The van der Waals surface area contributed by atoms with Crippen molar-refractivity contribution in [3.63, 3.8) is 0 Å². The van der Waals surface area contributed by atoms with Crippen LogP contribution in [0.4, 0.5) is 0 Å². The van der Waals surface area contributed by atoms with Gasteiger partial charge in [0.1, 0.15) is 5.78 Å². The molecule has 4 saturated carbocycles. The van der Waals surface area contributed by atoms with E-state index in [1.54, 1.807) is 0 Å². The molecule has 0 radical (unpaired) electrons. The van der Waals surface area contributed by atoms with Crippen LogP contribution in [-0.4, -0.2) is 5.78 Å². The predicted octanol–water partition coefficient (Wildman–Crippen LogP) is 3.43. The SMILES string of the molecule is CC(C)(C)C12CC3C[C@H](C1)C(=O)[C@@H](C3)C2. The highest BCUT2D eigenvalue weighted by Gasteiger charge is 2.58. The van der Waals surface area contributed by atoms with Crippen molar-refractivity contribution < 1.29 is 4.79 Å². The summed E-state index contributed by atoms with van der Waals surface area (Å²) in [7, 11) is 0. The summed E-state index contributed by atoms with van der Waals surface area (Å²) in [4.78, 5) is 12.0. The summed E-state index contributed by atoms with van der Waals surface area (Å²) in [6.45, 7) is 7.14. The van der Waals surface area contributed by atoms with Crippen molar-refractivity contribution in [2.75, 3.05) is 0 Å². The van der Waals surface area contributed by atoms with E-state index in [2.05, 4.69) is 20.8 Å². The molecule has 4 rings (SSSR count). The molecule has 0 aromatic carbocycles. The second-order valence-electron chi connectivity index (χ2n) is 7.28. The van der Waals surface area contributed by atoms with Crippen LogP contribution in [0.2, 0.25) is 0 Å². The topological polar surface area (TPSA) is 17.1 Å². The molecule has 0 spiro atoms. The van der Waals surface area contributed by atoms with E-state index in [0.29, 0.717) is 28.4 Å². The third-order valence-corrected chi connectivity index (χ3v) is 5.59. The average molecular weight is 206 g/mol. The van der Waals surface area contributed by atoms with Crippen LogP contribution in [0.15, 0.2) is 0 Å². The van der Waals surface area contributed by atoms with E-state index in [1.165, 1.54) is 32.1 Å². The molecule has 0 aromatic heterocycles. The molecule has 0 aliphatic heterocycles. The zero-order chi connectivity index (χ0) is 10.8. The Morgan fingerprint density at radius 2 is 1.60 bits per heavy atom. The van der Waals surface area contributed by atoms with Gasteiger partial charge in [-0.2, -0.15) is 0 Å². The number of ketones is 1. The standard InChI is InChI=1S/C14H22O/c1-13(2,3)14-6-9-4-10(7-14)12(15)11(5-9)8-14/h9-11H,4-8H2,1-3H3/t9?,10-,11+,14?. The summed E-state index contributed by atoms with van der Waals surface area (Å²) in [5.41, 5.74) is 0.890. The minimum Gasteiger partial charge on any atom is -0.299 e. The molecule has 0 aromatic rings. The van der Waals surface area contributed by atoms with Crippen molar-refractivity contribution in [2.24, 2.45) is 28.6 Å². The van der Waals surface area contributed by atoms with Gasteiger partial charge < -0.3 is 0 Å². The molecule has 0 amide bonds. The highest BCUT2D eigenvalue weighted by Crippen LogP contribution is 2.64. The molecule has 2 unspecified atom stereocenters. The molecule has 1 nitrogen and oxygen atoms in total. The lowest BCUT2D eigenvalue weighted by atomic mass is 9.43. The van der Waals surface area contributed by atoms with Gasteiger partial charge in [0.15, 0.2) is 0 Å². The van der Waals surface area contributed by atoms with E-state index in [4.69, 9.17) is 0 Å². The van der Waals surface area contributed by atoms with Gasteiger partial charge in [-0.25, -0.2) is 0 Å². The number of rotatable bonds is 0. The van der Waals surface area contributed by atoms with Crippen molar-refractivity contribution in [2.45, 2.75) is 52.9 Å². The first kappa shape index (κ1) is 9.86.